The summed E-state index contributed by atoms with van der Waals surface area (Å²) in [5.41, 5.74) is 0.226. The largest absolute Gasteiger partial charge is 0.493 e. The van der Waals surface area contributed by atoms with E-state index in [4.69, 9.17) is 4.74 Å². The number of aromatic carboxylic acids is 1. The van der Waals surface area contributed by atoms with E-state index in [0.717, 1.165) is 10.7 Å². The Morgan fingerprint density at radius 3 is 2.46 bits per heavy atom. The first-order chi connectivity index (χ1) is 12.3. The predicted molar refractivity (Wildman–Crippen MR) is 98.2 cm³/mol. The molecule has 1 N–H and O–H groups in total. The smallest absolute Gasteiger partial charge is 0.335 e. The maximum absolute atomic E-state index is 12.8. The number of carboxylic acid groups (broad SMARTS) is 1. The molecule has 3 rings (SSSR count). The summed E-state index contributed by atoms with van der Waals surface area (Å²) in [6.45, 7) is 2.63. The number of rotatable bonds is 7. The molecule has 6 nitrogen and oxygen atoms in total. The second-order valence-corrected chi connectivity index (χ2v) is 8.56. The molecule has 138 valence electrons. The molecular formula is C19H21NO5S. The van der Waals surface area contributed by atoms with Gasteiger partial charge in [-0.2, -0.15) is 0 Å². The summed E-state index contributed by atoms with van der Waals surface area (Å²) in [5, 5.41) is 9.34. The van der Waals surface area contributed by atoms with E-state index in [1.165, 1.54) is 31.3 Å². The van der Waals surface area contributed by atoms with Crippen LogP contribution in [0.15, 0.2) is 53.4 Å². The Morgan fingerprint density at radius 1 is 1.23 bits per heavy atom. The molecule has 0 aliphatic heterocycles. The molecule has 0 heterocycles. The molecular weight excluding hydrogens is 354 g/mol. The Kier molecular flexibility index (Phi) is 4.91. The minimum atomic E-state index is -3.79. The molecule has 2 atom stereocenters. The lowest BCUT2D eigenvalue weighted by Crippen LogP contribution is -2.26. The molecule has 1 saturated carbocycles. The average Bonchev–Trinajstić information content (AvgIpc) is 3.35. The molecule has 1 fully saturated rings. The van der Waals surface area contributed by atoms with Gasteiger partial charge in [-0.1, -0.05) is 25.1 Å². The van der Waals surface area contributed by atoms with Crippen LogP contribution >= 0.6 is 0 Å². The van der Waals surface area contributed by atoms with Crippen molar-refractivity contribution in [2.75, 3.05) is 18.0 Å². The topological polar surface area (TPSA) is 83.9 Å². The number of ether oxygens (including phenoxy) is 1. The Labute approximate surface area is 153 Å². The summed E-state index contributed by atoms with van der Waals surface area (Å²) >= 11 is 0. The number of nitrogens with zero attached hydrogens (tertiary/aromatic N) is 1. The molecule has 7 heteroatoms. The molecule has 0 amide bonds. The van der Waals surface area contributed by atoms with Gasteiger partial charge < -0.3 is 9.84 Å². The van der Waals surface area contributed by atoms with Crippen LogP contribution in [0.3, 0.4) is 0 Å². The standard InChI is InChI=1S/C19H21NO5S/c1-13-8-15(13)12-25-17-10-14(19(21)22)9-16(11-17)20(2)26(23,24)18-6-4-3-5-7-18/h3-7,9-11,13,15H,8,12H2,1-2H3,(H,21,22). The van der Waals surface area contributed by atoms with E-state index < -0.39 is 16.0 Å². The third kappa shape index (κ3) is 3.83. The van der Waals surface area contributed by atoms with Crippen LogP contribution in [0, 0.1) is 11.8 Å². The van der Waals surface area contributed by atoms with Gasteiger partial charge in [0, 0.05) is 13.1 Å². The predicted octanol–water partition coefficient (Wildman–Crippen LogP) is 3.24. The van der Waals surface area contributed by atoms with E-state index >= 15 is 0 Å². The fourth-order valence-electron chi connectivity index (χ4n) is 2.70. The fraction of sp³-hybridized carbons (Fsp3) is 0.316. The maximum atomic E-state index is 12.8. The molecule has 1 aliphatic carbocycles. The quantitative estimate of drug-likeness (QED) is 0.803. The number of carboxylic acids is 1. The van der Waals surface area contributed by atoms with E-state index in [9.17, 15) is 18.3 Å². The van der Waals surface area contributed by atoms with Gasteiger partial charge in [-0.3, -0.25) is 4.31 Å². The Morgan fingerprint density at radius 2 is 1.88 bits per heavy atom. The van der Waals surface area contributed by atoms with Crippen molar-refractivity contribution in [3.05, 3.63) is 54.1 Å². The third-order valence-corrected chi connectivity index (χ3v) is 6.44. The lowest BCUT2D eigenvalue weighted by atomic mass is 10.2. The van der Waals surface area contributed by atoms with Crippen LogP contribution < -0.4 is 9.04 Å². The van der Waals surface area contributed by atoms with Crippen molar-refractivity contribution in [2.24, 2.45) is 11.8 Å². The van der Waals surface area contributed by atoms with E-state index in [1.54, 1.807) is 24.3 Å². The highest BCUT2D eigenvalue weighted by molar-refractivity contribution is 7.92. The average molecular weight is 375 g/mol. The number of sulfonamides is 1. The van der Waals surface area contributed by atoms with Gasteiger partial charge in [0.05, 0.1) is 22.8 Å². The molecule has 0 bridgehead atoms. The maximum Gasteiger partial charge on any atom is 0.335 e. The molecule has 0 saturated heterocycles. The van der Waals surface area contributed by atoms with Crippen molar-refractivity contribution in [1.29, 1.82) is 0 Å². The van der Waals surface area contributed by atoms with Crippen LogP contribution in [0.2, 0.25) is 0 Å². The van der Waals surface area contributed by atoms with Gasteiger partial charge in [-0.15, -0.1) is 0 Å². The third-order valence-electron chi connectivity index (χ3n) is 4.64. The number of benzene rings is 2. The second-order valence-electron chi connectivity index (χ2n) is 6.59. The number of hydrogen-bond acceptors (Lipinski definition) is 4. The van der Waals surface area contributed by atoms with E-state index in [-0.39, 0.29) is 16.1 Å². The SMILES string of the molecule is CC1CC1COc1cc(C(=O)O)cc(N(C)S(=O)(=O)c2ccccc2)c1. The van der Waals surface area contributed by atoms with Gasteiger partial charge in [0.1, 0.15) is 5.75 Å². The van der Waals surface area contributed by atoms with Gasteiger partial charge in [0.2, 0.25) is 0 Å². The zero-order valence-electron chi connectivity index (χ0n) is 14.6. The highest BCUT2D eigenvalue weighted by Gasteiger charge is 2.33. The normalized spacial score (nSPS) is 19.0. The zero-order valence-corrected chi connectivity index (χ0v) is 15.4. The summed E-state index contributed by atoms with van der Waals surface area (Å²) in [6, 6.07) is 12.3. The molecule has 2 aromatic carbocycles. The van der Waals surface area contributed by atoms with Gasteiger partial charge in [0.15, 0.2) is 0 Å². The second kappa shape index (κ2) is 6.99. The molecule has 0 aromatic heterocycles. The molecule has 2 unspecified atom stereocenters. The number of carbonyl (C=O) groups is 1. The first-order valence-corrected chi connectivity index (χ1v) is 9.78. The fourth-order valence-corrected chi connectivity index (χ4v) is 3.90. The van der Waals surface area contributed by atoms with Crippen LogP contribution in [0.25, 0.3) is 0 Å². The highest BCUT2D eigenvalue weighted by Crippen LogP contribution is 2.38. The monoisotopic (exact) mass is 375 g/mol. The Balaban J connectivity index is 1.92. The van der Waals surface area contributed by atoms with Crippen molar-refractivity contribution in [2.45, 2.75) is 18.2 Å². The van der Waals surface area contributed by atoms with Crippen LogP contribution in [-0.2, 0) is 10.0 Å². The van der Waals surface area contributed by atoms with E-state index in [2.05, 4.69) is 6.92 Å². The summed E-state index contributed by atoms with van der Waals surface area (Å²) in [5.74, 6) is 0.298. The van der Waals surface area contributed by atoms with E-state index in [0.29, 0.717) is 24.2 Å². The van der Waals surface area contributed by atoms with Gasteiger partial charge in [0.25, 0.3) is 10.0 Å². The van der Waals surface area contributed by atoms with Crippen molar-refractivity contribution in [1.82, 2.24) is 0 Å². The number of anilines is 1. The Bertz CT molecular complexity index is 911. The molecule has 1 aliphatic rings. The summed E-state index contributed by atoms with van der Waals surface area (Å²) in [4.78, 5) is 11.6. The minimum Gasteiger partial charge on any atom is -0.493 e. The lowest BCUT2D eigenvalue weighted by molar-refractivity contribution is 0.0696. The summed E-state index contributed by atoms with van der Waals surface area (Å²) < 4.78 is 32.4. The molecule has 2 aromatic rings. The van der Waals surface area contributed by atoms with Crippen LogP contribution in [0.4, 0.5) is 5.69 Å². The first kappa shape index (κ1) is 18.3. The summed E-state index contributed by atoms with van der Waals surface area (Å²) in [6.07, 6.45) is 1.09. The minimum absolute atomic E-state index is 0.0172. The van der Waals surface area contributed by atoms with Crippen molar-refractivity contribution >= 4 is 21.7 Å². The van der Waals surface area contributed by atoms with Crippen LogP contribution in [0.5, 0.6) is 5.75 Å². The van der Waals surface area contributed by atoms with Gasteiger partial charge in [-0.05, 0) is 42.5 Å². The van der Waals surface area contributed by atoms with Crippen molar-refractivity contribution in [3.63, 3.8) is 0 Å². The van der Waals surface area contributed by atoms with Crippen LogP contribution in [-0.4, -0.2) is 33.1 Å². The van der Waals surface area contributed by atoms with Gasteiger partial charge >= 0.3 is 5.97 Å². The zero-order chi connectivity index (χ0) is 18.9. The molecule has 0 spiro atoms. The molecule has 26 heavy (non-hydrogen) atoms. The van der Waals surface area contributed by atoms with Crippen LogP contribution in [0.1, 0.15) is 23.7 Å². The van der Waals surface area contributed by atoms with Gasteiger partial charge in [-0.25, -0.2) is 13.2 Å². The van der Waals surface area contributed by atoms with Crippen molar-refractivity contribution < 1.29 is 23.1 Å². The first-order valence-electron chi connectivity index (χ1n) is 8.34. The van der Waals surface area contributed by atoms with Crippen molar-refractivity contribution in [3.8, 4) is 5.75 Å². The Hall–Kier alpha value is -2.54. The highest BCUT2D eigenvalue weighted by atomic mass is 32.2. The summed E-state index contributed by atoms with van der Waals surface area (Å²) in [7, 11) is -2.40. The number of hydrogen-bond donors (Lipinski definition) is 1. The van der Waals surface area contributed by atoms with E-state index in [1.807, 2.05) is 0 Å². The molecule has 0 radical (unpaired) electrons. The lowest BCUT2D eigenvalue weighted by Gasteiger charge is -2.21.